The van der Waals surface area contributed by atoms with Crippen LogP contribution in [0, 0.1) is 0 Å². The van der Waals surface area contributed by atoms with Gasteiger partial charge in [0, 0.05) is 6.61 Å². The maximum atomic E-state index is 12.6. The lowest BCUT2D eigenvalue weighted by Crippen LogP contribution is -2.37. The van der Waals surface area contributed by atoms with Crippen molar-refractivity contribution in [1.29, 1.82) is 0 Å². The van der Waals surface area contributed by atoms with Gasteiger partial charge in [-0.1, -0.05) is 138 Å². The molecule has 8 nitrogen and oxygen atoms in total. The maximum Gasteiger partial charge on any atom is 0.472 e. The maximum absolute atomic E-state index is 12.6. The Bertz CT molecular complexity index is 1060. The van der Waals surface area contributed by atoms with E-state index in [9.17, 15) is 14.3 Å². The predicted octanol–water partition coefficient (Wildman–Crippen LogP) is 11.5. The smallest absolute Gasteiger partial charge is 0.457 e. The molecule has 0 aromatic carbocycles. The van der Waals surface area contributed by atoms with Gasteiger partial charge in [-0.3, -0.25) is 13.8 Å². The van der Waals surface area contributed by atoms with Crippen molar-refractivity contribution in [3.63, 3.8) is 0 Å². The van der Waals surface area contributed by atoms with Crippen LogP contribution in [0.5, 0.6) is 0 Å². The van der Waals surface area contributed by atoms with Gasteiger partial charge in [0.1, 0.15) is 19.3 Å². The SMILES string of the molecule is CC/C=C\C/C=C\C/C=C\C/C=C\C/C=C\CC(=O)OC(COCCCCCCCC/C=C\CCCCCCC)COP(=O)(O)OCC[N+](C)(C)C. The van der Waals surface area contributed by atoms with Crippen molar-refractivity contribution in [1.82, 2.24) is 0 Å². The van der Waals surface area contributed by atoms with Crippen LogP contribution in [0.3, 0.4) is 0 Å². The van der Waals surface area contributed by atoms with E-state index in [2.05, 4.69) is 74.6 Å². The fraction of sp³-hybridized carbons (Fsp3) is 0.698. The van der Waals surface area contributed by atoms with E-state index in [4.69, 9.17) is 18.5 Å². The van der Waals surface area contributed by atoms with E-state index in [1.807, 2.05) is 27.2 Å². The van der Waals surface area contributed by atoms with E-state index in [1.54, 1.807) is 6.08 Å². The van der Waals surface area contributed by atoms with Crippen LogP contribution >= 0.6 is 7.82 Å². The Morgan fingerprint density at radius 2 is 1.12 bits per heavy atom. The molecule has 0 rings (SSSR count). The second-order valence-electron chi connectivity index (χ2n) is 14.3. The zero-order chi connectivity index (χ0) is 38.4. The molecule has 0 aliphatic carbocycles. The minimum Gasteiger partial charge on any atom is -0.457 e. The molecule has 9 heteroatoms. The molecule has 1 N–H and O–H groups in total. The lowest BCUT2D eigenvalue weighted by Gasteiger charge is -2.24. The number of ether oxygens (including phenoxy) is 2. The standard InChI is InChI=1S/C43H76NO7P/c1-6-8-10-12-14-16-18-20-22-24-26-28-30-32-34-36-43(45)51-42(41-50-52(46,47)49-39-37-44(3,4)5)40-48-38-35-33-31-29-27-25-23-21-19-17-15-13-11-9-7-2/h8,10,14,16,19-22,26,28,32,34,42H,6-7,9,11-13,15,17-18,23-25,27,29-31,33,35-41H2,1-5H3/p+1/b10-8-,16-14-,21-19-,22-20-,28-26-,34-32-. The molecule has 2 unspecified atom stereocenters. The summed E-state index contributed by atoms with van der Waals surface area (Å²) in [4.78, 5) is 22.7. The summed E-state index contributed by atoms with van der Waals surface area (Å²) in [6.45, 7) is 5.32. The van der Waals surface area contributed by atoms with Crippen LogP contribution < -0.4 is 0 Å². The Morgan fingerprint density at radius 3 is 1.65 bits per heavy atom. The molecule has 0 aliphatic heterocycles. The zero-order valence-electron chi connectivity index (χ0n) is 33.8. The number of unbranched alkanes of at least 4 members (excludes halogenated alkanes) is 11. The molecule has 0 fully saturated rings. The van der Waals surface area contributed by atoms with E-state index < -0.39 is 19.9 Å². The van der Waals surface area contributed by atoms with Crippen LogP contribution in [0.1, 0.15) is 136 Å². The molecule has 0 amide bonds. The van der Waals surface area contributed by atoms with Gasteiger partial charge >= 0.3 is 13.8 Å². The summed E-state index contributed by atoms with van der Waals surface area (Å²) in [6.07, 6.45) is 45.3. The number of phosphoric acid groups is 1. The summed E-state index contributed by atoms with van der Waals surface area (Å²) < 4.78 is 34.7. The number of hydrogen-bond acceptors (Lipinski definition) is 6. The van der Waals surface area contributed by atoms with Gasteiger partial charge in [0.25, 0.3) is 0 Å². The van der Waals surface area contributed by atoms with E-state index in [1.165, 1.54) is 64.2 Å². The van der Waals surface area contributed by atoms with E-state index in [-0.39, 0.29) is 26.2 Å². The highest BCUT2D eigenvalue weighted by molar-refractivity contribution is 7.47. The van der Waals surface area contributed by atoms with Crippen LogP contribution in [-0.2, 0) is 27.9 Å². The monoisotopic (exact) mass is 751 g/mol. The highest BCUT2D eigenvalue weighted by Crippen LogP contribution is 2.43. The van der Waals surface area contributed by atoms with Crippen molar-refractivity contribution in [2.45, 2.75) is 142 Å². The molecule has 0 saturated heterocycles. The number of rotatable bonds is 36. The highest BCUT2D eigenvalue weighted by Gasteiger charge is 2.26. The first-order chi connectivity index (χ1) is 25.1. The Balaban J connectivity index is 4.45. The largest absolute Gasteiger partial charge is 0.472 e. The molecule has 0 saturated carbocycles. The van der Waals surface area contributed by atoms with Crippen molar-refractivity contribution >= 4 is 13.8 Å². The summed E-state index contributed by atoms with van der Waals surface area (Å²) in [5.41, 5.74) is 0. The quantitative estimate of drug-likeness (QED) is 0.0224. The molecule has 2 atom stereocenters. The number of carbonyl (C=O) groups is 1. The lowest BCUT2D eigenvalue weighted by molar-refractivity contribution is -0.870. The fourth-order valence-electron chi connectivity index (χ4n) is 4.91. The van der Waals surface area contributed by atoms with Crippen molar-refractivity contribution < 1.29 is 37.3 Å². The van der Waals surface area contributed by atoms with Crippen LogP contribution in [0.4, 0.5) is 0 Å². The summed E-state index contributed by atoms with van der Waals surface area (Å²) in [6, 6.07) is 0. The van der Waals surface area contributed by atoms with Crippen molar-refractivity contribution in [2.75, 3.05) is 54.1 Å². The molecular formula is C43H77NO7P+. The second-order valence-corrected chi connectivity index (χ2v) is 15.7. The van der Waals surface area contributed by atoms with Gasteiger partial charge < -0.3 is 18.9 Å². The number of hydrogen-bond donors (Lipinski definition) is 1. The van der Waals surface area contributed by atoms with Crippen LogP contribution in [0.15, 0.2) is 72.9 Å². The molecule has 0 heterocycles. The van der Waals surface area contributed by atoms with Gasteiger partial charge in [-0.05, 0) is 64.2 Å². The second kappa shape index (κ2) is 35.9. The van der Waals surface area contributed by atoms with E-state index in [0.717, 1.165) is 51.4 Å². The first-order valence-corrected chi connectivity index (χ1v) is 21.7. The number of quaternary nitrogens is 1. The minimum atomic E-state index is -4.30. The lowest BCUT2D eigenvalue weighted by atomic mass is 10.1. The normalized spacial score (nSPS) is 14.7. The summed E-state index contributed by atoms with van der Waals surface area (Å²) in [5, 5.41) is 0. The molecule has 0 radical (unpaired) electrons. The zero-order valence-corrected chi connectivity index (χ0v) is 34.7. The van der Waals surface area contributed by atoms with Gasteiger partial charge in [0.05, 0.1) is 40.8 Å². The molecule has 0 spiro atoms. The number of phosphoric ester groups is 1. The Kier molecular flexibility index (Phi) is 34.5. The van der Waals surface area contributed by atoms with E-state index >= 15 is 0 Å². The van der Waals surface area contributed by atoms with Crippen LogP contribution in [0.2, 0.25) is 0 Å². The number of carbonyl (C=O) groups excluding carboxylic acids is 1. The predicted molar refractivity (Wildman–Crippen MR) is 219 cm³/mol. The van der Waals surface area contributed by atoms with Gasteiger partial charge in [-0.2, -0.15) is 0 Å². The molecule has 0 aliphatic rings. The first kappa shape index (κ1) is 49.9. The molecule has 0 bridgehead atoms. The van der Waals surface area contributed by atoms with Gasteiger partial charge in [0.2, 0.25) is 0 Å². The Morgan fingerprint density at radius 1 is 0.615 bits per heavy atom. The highest BCUT2D eigenvalue weighted by atomic mass is 31.2. The van der Waals surface area contributed by atoms with Crippen molar-refractivity contribution in [2.24, 2.45) is 0 Å². The molecule has 300 valence electrons. The average Bonchev–Trinajstić information content (AvgIpc) is 3.09. The van der Waals surface area contributed by atoms with Crippen molar-refractivity contribution in [3.8, 4) is 0 Å². The average molecular weight is 751 g/mol. The third-order valence-electron chi connectivity index (χ3n) is 8.03. The first-order valence-electron chi connectivity index (χ1n) is 20.2. The third-order valence-corrected chi connectivity index (χ3v) is 9.02. The number of esters is 1. The number of likely N-dealkylation sites (N-methyl/N-ethyl adjacent to an activating group) is 1. The van der Waals surface area contributed by atoms with Crippen LogP contribution in [0.25, 0.3) is 0 Å². The molecular weight excluding hydrogens is 673 g/mol. The number of allylic oxidation sites excluding steroid dienone is 11. The van der Waals surface area contributed by atoms with Gasteiger partial charge in [-0.25, -0.2) is 4.57 Å². The summed E-state index contributed by atoms with van der Waals surface area (Å²) in [7, 11) is 1.60. The minimum absolute atomic E-state index is 0.0677. The Hall–Kier alpha value is -2.06. The third kappa shape index (κ3) is 39.2. The van der Waals surface area contributed by atoms with Gasteiger partial charge in [-0.15, -0.1) is 0 Å². The van der Waals surface area contributed by atoms with Crippen molar-refractivity contribution in [3.05, 3.63) is 72.9 Å². The topological polar surface area (TPSA) is 91.3 Å². The van der Waals surface area contributed by atoms with Gasteiger partial charge in [0.15, 0.2) is 0 Å². The summed E-state index contributed by atoms with van der Waals surface area (Å²) in [5.74, 6) is -0.445. The Labute approximate surface area is 319 Å². The molecule has 0 aromatic heterocycles. The summed E-state index contributed by atoms with van der Waals surface area (Å²) >= 11 is 0. The van der Waals surface area contributed by atoms with Crippen LogP contribution in [-0.4, -0.2) is 75.6 Å². The molecule has 52 heavy (non-hydrogen) atoms. The fourth-order valence-corrected chi connectivity index (χ4v) is 5.66. The van der Waals surface area contributed by atoms with E-state index in [0.29, 0.717) is 17.6 Å². The number of nitrogens with zero attached hydrogens (tertiary/aromatic N) is 1. The molecule has 0 aromatic rings.